The summed E-state index contributed by atoms with van der Waals surface area (Å²) in [7, 11) is 4.13. The number of benzene rings is 1. The van der Waals surface area contributed by atoms with Crippen LogP contribution in [0.1, 0.15) is 5.56 Å². The van der Waals surface area contributed by atoms with Crippen LogP contribution >= 0.6 is 27.5 Å². The molecule has 0 saturated heterocycles. The third-order valence-electron chi connectivity index (χ3n) is 2.08. The molecule has 1 rings (SSSR count). The molecule has 0 atom stereocenters. The summed E-state index contributed by atoms with van der Waals surface area (Å²) in [4.78, 5) is 2.15. The van der Waals surface area contributed by atoms with Crippen molar-refractivity contribution in [3.63, 3.8) is 0 Å². The second-order valence-electron chi connectivity index (χ2n) is 3.69. The number of nitrogens with one attached hydrogen (secondary N) is 1. The first-order chi connectivity index (χ1) is 7.11. The minimum absolute atomic E-state index is 0.801. The van der Waals surface area contributed by atoms with Crippen LogP contribution in [-0.2, 0) is 6.54 Å². The van der Waals surface area contributed by atoms with Crippen LogP contribution in [0, 0.1) is 0 Å². The van der Waals surface area contributed by atoms with Crippen LogP contribution in [0.4, 0.5) is 0 Å². The molecule has 2 nitrogen and oxygen atoms in total. The Hall–Kier alpha value is -0.0900. The Morgan fingerprint density at radius 3 is 2.80 bits per heavy atom. The molecule has 0 radical (unpaired) electrons. The average molecular weight is 292 g/mol. The van der Waals surface area contributed by atoms with Gasteiger partial charge in [0, 0.05) is 24.1 Å². The van der Waals surface area contributed by atoms with Crippen molar-refractivity contribution in [1.82, 2.24) is 10.2 Å². The fourth-order valence-corrected chi connectivity index (χ4v) is 1.81. The molecule has 1 aromatic rings. The van der Waals surface area contributed by atoms with Crippen LogP contribution in [0.2, 0.25) is 5.02 Å². The lowest BCUT2D eigenvalue weighted by atomic mass is 10.2. The molecule has 0 heterocycles. The fraction of sp³-hybridized carbons (Fsp3) is 0.455. The second-order valence-corrected chi connectivity index (χ2v) is 4.93. The first-order valence-electron chi connectivity index (χ1n) is 4.89. The van der Waals surface area contributed by atoms with Crippen LogP contribution in [-0.4, -0.2) is 32.1 Å². The Morgan fingerprint density at radius 1 is 1.40 bits per heavy atom. The third-order valence-corrected chi connectivity index (χ3v) is 3.42. The highest BCUT2D eigenvalue weighted by atomic mass is 79.9. The molecule has 1 aromatic carbocycles. The number of nitrogens with zero attached hydrogens (tertiary/aromatic N) is 1. The van der Waals surface area contributed by atoms with Crippen LogP contribution < -0.4 is 5.32 Å². The maximum absolute atomic E-state index is 6.14. The van der Waals surface area contributed by atoms with Gasteiger partial charge >= 0.3 is 0 Å². The summed E-state index contributed by atoms with van der Waals surface area (Å²) >= 11 is 9.55. The summed E-state index contributed by atoms with van der Waals surface area (Å²) in [6.45, 7) is 2.81. The highest BCUT2D eigenvalue weighted by Gasteiger charge is 2.02. The molecule has 1 N–H and O–H groups in total. The van der Waals surface area contributed by atoms with Crippen LogP contribution in [0.3, 0.4) is 0 Å². The van der Waals surface area contributed by atoms with Gasteiger partial charge in [0.2, 0.25) is 0 Å². The van der Waals surface area contributed by atoms with Crippen LogP contribution in [0.5, 0.6) is 0 Å². The zero-order chi connectivity index (χ0) is 11.3. The summed E-state index contributed by atoms with van der Waals surface area (Å²) in [5, 5.41) is 4.15. The smallest absolute Gasteiger partial charge is 0.0592 e. The zero-order valence-corrected chi connectivity index (χ0v) is 11.4. The van der Waals surface area contributed by atoms with E-state index in [4.69, 9.17) is 11.6 Å². The molecule has 0 amide bonds. The van der Waals surface area contributed by atoms with E-state index in [9.17, 15) is 0 Å². The van der Waals surface area contributed by atoms with E-state index >= 15 is 0 Å². The maximum atomic E-state index is 6.14. The normalized spacial score (nSPS) is 11.0. The molecule has 0 aliphatic heterocycles. The molecule has 15 heavy (non-hydrogen) atoms. The minimum atomic E-state index is 0.801. The van der Waals surface area contributed by atoms with E-state index in [0.717, 1.165) is 34.7 Å². The summed E-state index contributed by atoms with van der Waals surface area (Å²) in [5.41, 5.74) is 1.13. The molecule has 0 fully saturated rings. The van der Waals surface area contributed by atoms with Crippen molar-refractivity contribution in [1.29, 1.82) is 0 Å². The Labute approximate surface area is 105 Å². The summed E-state index contributed by atoms with van der Waals surface area (Å²) < 4.78 is 0.955. The van der Waals surface area contributed by atoms with E-state index < -0.39 is 0 Å². The number of hydrogen-bond acceptors (Lipinski definition) is 2. The summed E-state index contributed by atoms with van der Waals surface area (Å²) in [5.74, 6) is 0. The van der Waals surface area contributed by atoms with E-state index in [1.807, 2.05) is 18.2 Å². The molecular formula is C11H16BrClN2. The van der Waals surface area contributed by atoms with Gasteiger partial charge in [-0.2, -0.15) is 0 Å². The molecule has 0 bridgehead atoms. The predicted molar refractivity (Wildman–Crippen MR) is 69.4 cm³/mol. The lowest BCUT2D eigenvalue weighted by molar-refractivity contribution is 0.400. The fourth-order valence-electron chi connectivity index (χ4n) is 1.21. The standard InChI is InChI=1S/C11H16BrClN2/c1-15(2)7-6-14-8-9-4-3-5-10(12)11(9)13/h3-5,14H,6-8H2,1-2H3. The van der Waals surface area contributed by atoms with Gasteiger partial charge in [-0.15, -0.1) is 0 Å². The van der Waals surface area contributed by atoms with Crippen molar-refractivity contribution in [2.75, 3.05) is 27.2 Å². The molecule has 0 spiro atoms. The van der Waals surface area contributed by atoms with Crippen molar-refractivity contribution < 1.29 is 0 Å². The van der Waals surface area contributed by atoms with E-state index in [1.54, 1.807) is 0 Å². The highest BCUT2D eigenvalue weighted by molar-refractivity contribution is 9.10. The first-order valence-corrected chi connectivity index (χ1v) is 6.06. The van der Waals surface area contributed by atoms with Crippen molar-refractivity contribution in [3.05, 3.63) is 33.3 Å². The molecule has 84 valence electrons. The highest BCUT2D eigenvalue weighted by Crippen LogP contribution is 2.25. The van der Waals surface area contributed by atoms with Gasteiger partial charge in [-0.05, 0) is 41.7 Å². The average Bonchev–Trinajstić information content (AvgIpc) is 2.18. The van der Waals surface area contributed by atoms with E-state index in [-0.39, 0.29) is 0 Å². The Bertz CT molecular complexity index is 315. The van der Waals surface area contributed by atoms with Crippen molar-refractivity contribution >= 4 is 27.5 Å². The molecule has 4 heteroatoms. The Kier molecular flexibility index (Phi) is 5.61. The van der Waals surface area contributed by atoms with Gasteiger partial charge in [-0.3, -0.25) is 0 Å². The number of rotatable bonds is 5. The van der Waals surface area contributed by atoms with Crippen molar-refractivity contribution in [2.45, 2.75) is 6.54 Å². The monoisotopic (exact) mass is 290 g/mol. The van der Waals surface area contributed by atoms with Crippen molar-refractivity contribution in [2.24, 2.45) is 0 Å². The van der Waals surface area contributed by atoms with Gasteiger partial charge in [-0.25, -0.2) is 0 Å². The molecule has 0 aromatic heterocycles. The van der Waals surface area contributed by atoms with Crippen LogP contribution in [0.15, 0.2) is 22.7 Å². The Morgan fingerprint density at radius 2 is 2.13 bits per heavy atom. The SMILES string of the molecule is CN(C)CCNCc1cccc(Br)c1Cl. The van der Waals surface area contributed by atoms with Gasteiger partial charge in [0.15, 0.2) is 0 Å². The zero-order valence-electron chi connectivity index (χ0n) is 9.06. The molecule has 0 aliphatic rings. The largest absolute Gasteiger partial charge is 0.311 e. The van der Waals surface area contributed by atoms with Gasteiger partial charge in [0.25, 0.3) is 0 Å². The van der Waals surface area contributed by atoms with Gasteiger partial charge < -0.3 is 10.2 Å². The second kappa shape index (κ2) is 6.48. The minimum Gasteiger partial charge on any atom is -0.311 e. The lowest BCUT2D eigenvalue weighted by Crippen LogP contribution is -2.26. The van der Waals surface area contributed by atoms with Crippen molar-refractivity contribution in [3.8, 4) is 0 Å². The maximum Gasteiger partial charge on any atom is 0.0592 e. The summed E-state index contributed by atoms with van der Waals surface area (Å²) in [6.07, 6.45) is 0. The van der Waals surface area contributed by atoms with E-state index in [2.05, 4.69) is 40.2 Å². The lowest BCUT2D eigenvalue weighted by Gasteiger charge is -2.11. The van der Waals surface area contributed by atoms with Crippen LogP contribution in [0.25, 0.3) is 0 Å². The Balaban J connectivity index is 2.41. The number of likely N-dealkylation sites (N-methyl/N-ethyl adjacent to an activating group) is 1. The van der Waals surface area contributed by atoms with Gasteiger partial charge in [0.05, 0.1) is 5.02 Å². The summed E-state index contributed by atoms with van der Waals surface area (Å²) in [6, 6.07) is 5.99. The van der Waals surface area contributed by atoms with Gasteiger partial charge in [0.1, 0.15) is 0 Å². The molecule has 0 aliphatic carbocycles. The number of halogens is 2. The quantitative estimate of drug-likeness (QED) is 0.839. The molecule has 0 saturated carbocycles. The topological polar surface area (TPSA) is 15.3 Å². The predicted octanol–water partition coefficient (Wildman–Crippen LogP) is 2.75. The molecular weight excluding hydrogens is 275 g/mol. The van der Waals surface area contributed by atoms with E-state index in [1.165, 1.54) is 0 Å². The first kappa shape index (κ1) is 13.0. The third kappa shape index (κ3) is 4.51. The van der Waals surface area contributed by atoms with E-state index in [0.29, 0.717) is 0 Å². The number of hydrogen-bond donors (Lipinski definition) is 1. The van der Waals surface area contributed by atoms with Gasteiger partial charge in [-0.1, -0.05) is 23.7 Å². The molecule has 0 unspecified atom stereocenters.